The van der Waals surface area contributed by atoms with Crippen molar-refractivity contribution < 1.29 is 9.45 Å². The molecule has 1 aromatic heterocycles. The second kappa shape index (κ2) is 6.01. The van der Waals surface area contributed by atoms with Crippen LogP contribution in [0.1, 0.15) is 11.5 Å². The van der Waals surface area contributed by atoms with Gasteiger partial charge in [-0.3, -0.25) is 10.1 Å². The van der Waals surface area contributed by atoms with Gasteiger partial charge in [0.05, 0.1) is 4.92 Å². The first kappa shape index (κ1) is 13.7. The number of rotatable bonds is 4. The fourth-order valence-corrected chi connectivity index (χ4v) is 1.91. The largest absolute Gasteiger partial charge is 0.334 e. The van der Waals surface area contributed by atoms with Gasteiger partial charge in [-0.25, -0.2) is 0 Å². The van der Waals surface area contributed by atoms with Gasteiger partial charge in [-0.05, 0) is 11.6 Å². The van der Waals surface area contributed by atoms with Gasteiger partial charge in [-0.15, -0.1) is 0 Å². The normalized spacial score (nSPS) is 10.9. The maximum atomic E-state index is 10.8. The van der Waals surface area contributed by atoms with Crippen LogP contribution >= 0.6 is 0 Å². The van der Waals surface area contributed by atoms with Crippen molar-refractivity contribution in [2.24, 2.45) is 0 Å². The third-order valence-corrected chi connectivity index (χ3v) is 2.97. The van der Waals surface area contributed by atoms with Crippen LogP contribution in [0.3, 0.4) is 0 Å². The SMILES string of the molecule is O=[N+]([O-])c1cccc(-c2noc(C=Cc3ccccc3)n2)c1. The van der Waals surface area contributed by atoms with Crippen molar-refractivity contribution >= 4 is 17.8 Å². The van der Waals surface area contributed by atoms with Crippen LogP contribution < -0.4 is 0 Å². The van der Waals surface area contributed by atoms with Crippen LogP contribution in [0, 0.1) is 10.1 Å². The van der Waals surface area contributed by atoms with Crippen LogP contribution in [0.15, 0.2) is 59.1 Å². The van der Waals surface area contributed by atoms with Crippen molar-refractivity contribution in [1.82, 2.24) is 10.1 Å². The first-order chi connectivity index (χ1) is 10.7. The van der Waals surface area contributed by atoms with Gasteiger partial charge in [0.1, 0.15) is 0 Å². The van der Waals surface area contributed by atoms with Gasteiger partial charge >= 0.3 is 0 Å². The van der Waals surface area contributed by atoms with E-state index in [1.807, 2.05) is 36.4 Å². The lowest BCUT2D eigenvalue weighted by Crippen LogP contribution is -1.88. The maximum absolute atomic E-state index is 10.8. The highest BCUT2D eigenvalue weighted by molar-refractivity contribution is 5.67. The van der Waals surface area contributed by atoms with Crippen molar-refractivity contribution in [2.75, 3.05) is 0 Å². The summed E-state index contributed by atoms with van der Waals surface area (Å²) in [6, 6.07) is 15.8. The molecule has 1 heterocycles. The van der Waals surface area contributed by atoms with Gasteiger partial charge in [0, 0.05) is 23.8 Å². The van der Waals surface area contributed by atoms with E-state index in [4.69, 9.17) is 4.52 Å². The number of nitrogens with zero attached hydrogens (tertiary/aromatic N) is 3. The second-order valence-electron chi connectivity index (χ2n) is 4.51. The zero-order chi connectivity index (χ0) is 15.4. The Labute approximate surface area is 125 Å². The monoisotopic (exact) mass is 293 g/mol. The summed E-state index contributed by atoms with van der Waals surface area (Å²) in [4.78, 5) is 14.5. The topological polar surface area (TPSA) is 82.1 Å². The van der Waals surface area contributed by atoms with E-state index >= 15 is 0 Å². The minimum atomic E-state index is -0.459. The first-order valence-electron chi connectivity index (χ1n) is 6.54. The molecule has 3 rings (SSSR count). The first-order valence-corrected chi connectivity index (χ1v) is 6.54. The molecular weight excluding hydrogens is 282 g/mol. The average molecular weight is 293 g/mol. The molecule has 6 heteroatoms. The number of hydrogen-bond acceptors (Lipinski definition) is 5. The summed E-state index contributed by atoms with van der Waals surface area (Å²) < 4.78 is 5.12. The predicted octanol–water partition coefficient (Wildman–Crippen LogP) is 3.82. The van der Waals surface area contributed by atoms with E-state index in [-0.39, 0.29) is 5.69 Å². The summed E-state index contributed by atoms with van der Waals surface area (Å²) >= 11 is 0. The fraction of sp³-hybridized carbons (Fsp3) is 0. The van der Waals surface area contributed by atoms with E-state index in [0.29, 0.717) is 17.3 Å². The highest BCUT2D eigenvalue weighted by Crippen LogP contribution is 2.21. The highest BCUT2D eigenvalue weighted by Gasteiger charge is 2.11. The molecule has 0 aliphatic rings. The lowest BCUT2D eigenvalue weighted by atomic mass is 10.2. The zero-order valence-corrected chi connectivity index (χ0v) is 11.4. The van der Waals surface area contributed by atoms with Gasteiger partial charge in [-0.1, -0.05) is 47.6 Å². The average Bonchev–Trinajstić information content (AvgIpc) is 3.03. The van der Waals surface area contributed by atoms with Gasteiger partial charge in [0.25, 0.3) is 11.6 Å². The van der Waals surface area contributed by atoms with Crippen LogP contribution in [0.25, 0.3) is 23.5 Å². The number of nitro benzene ring substituents is 1. The van der Waals surface area contributed by atoms with E-state index in [9.17, 15) is 10.1 Å². The van der Waals surface area contributed by atoms with Gasteiger partial charge < -0.3 is 4.52 Å². The van der Waals surface area contributed by atoms with E-state index < -0.39 is 4.92 Å². The number of non-ortho nitro benzene ring substituents is 1. The summed E-state index contributed by atoms with van der Waals surface area (Å²) in [7, 11) is 0. The molecule has 6 nitrogen and oxygen atoms in total. The minimum Gasteiger partial charge on any atom is -0.334 e. The van der Waals surface area contributed by atoms with Crippen molar-refractivity contribution in [1.29, 1.82) is 0 Å². The predicted molar refractivity (Wildman–Crippen MR) is 81.8 cm³/mol. The van der Waals surface area contributed by atoms with Crippen molar-refractivity contribution in [3.8, 4) is 11.4 Å². The number of hydrogen-bond donors (Lipinski definition) is 0. The molecule has 0 aliphatic heterocycles. The van der Waals surface area contributed by atoms with Crippen molar-refractivity contribution in [2.45, 2.75) is 0 Å². The Morgan fingerprint density at radius 1 is 1.05 bits per heavy atom. The molecule has 0 aliphatic carbocycles. The lowest BCUT2D eigenvalue weighted by Gasteiger charge is -1.94. The number of aromatic nitrogens is 2. The van der Waals surface area contributed by atoms with Crippen LogP contribution in [0.4, 0.5) is 5.69 Å². The Balaban J connectivity index is 1.83. The molecule has 0 saturated heterocycles. The smallest absolute Gasteiger partial charge is 0.270 e. The summed E-state index contributed by atoms with van der Waals surface area (Å²) in [6.07, 6.45) is 3.55. The standard InChI is InChI=1S/C16H11N3O3/c20-19(21)14-8-4-7-13(11-14)16-17-15(22-18-16)10-9-12-5-2-1-3-6-12/h1-11H. The molecule has 0 saturated carbocycles. The highest BCUT2D eigenvalue weighted by atomic mass is 16.6. The maximum Gasteiger partial charge on any atom is 0.270 e. The molecule has 0 fully saturated rings. The van der Waals surface area contributed by atoms with Crippen LogP contribution in [0.5, 0.6) is 0 Å². The van der Waals surface area contributed by atoms with Crippen molar-refractivity contribution in [3.05, 3.63) is 76.2 Å². The molecule has 0 amide bonds. The molecule has 0 atom stereocenters. The Hall–Kier alpha value is -3.28. The third-order valence-electron chi connectivity index (χ3n) is 2.97. The molecule has 0 N–H and O–H groups in total. The molecule has 0 spiro atoms. The van der Waals surface area contributed by atoms with Crippen LogP contribution in [0.2, 0.25) is 0 Å². The molecule has 0 unspecified atom stereocenters. The second-order valence-corrected chi connectivity index (χ2v) is 4.51. The Bertz CT molecular complexity index is 825. The van der Waals surface area contributed by atoms with E-state index in [2.05, 4.69) is 10.1 Å². The lowest BCUT2D eigenvalue weighted by molar-refractivity contribution is -0.384. The minimum absolute atomic E-state index is 0.0105. The molecule has 0 bridgehead atoms. The van der Waals surface area contributed by atoms with Gasteiger partial charge in [-0.2, -0.15) is 4.98 Å². The van der Waals surface area contributed by atoms with Gasteiger partial charge in [0.15, 0.2) is 0 Å². The number of benzene rings is 2. The molecule has 22 heavy (non-hydrogen) atoms. The zero-order valence-electron chi connectivity index (χ0n) is 11.4. The Morgan fingerprint density at radius 2 is 1.86 bits per heavy atom. The summed E-state index contributed by atoms with van der Waals surface area (Å²) in [5, 5.41) is 14.6. The van der Waals surface area contributed by atoms with Gasteiger partial charge in [0.2, 0.25) is 5.82 Å². The molecule has 0 radical (unpaired) electrons. The quantitative estimate of drug-likeness (QED) is 0.539. The molecular formula is C16H11N3O3. The molecule has 2 aromatic carbocycles. The van der Waals surface area contributed by atoms with Crippen molar-refractivity contribution in [3.63, 3.8) is 0 Å². The molecule has 3 aromatic rings. The van der Waals surface area contributed by atoms with E-state index in [1.54, 1.807) is 18.2 Å². The Morgan fingerprint density at radius 3 is 2.64 bits per heavy atom. The summed E-state index contributed by atoms with van der Waals surface area (Å²) in [6.45, 7) is 0. The summed E-state index contributed by atoms with van der Waals surface area (Å²) in [5.74, 6) is 0.654. The third kappa shape index (κ3) is 3.06. The van der Waals surface area contributed by atoms with E-state index in [1.165, 1.54) is 12.1 Å². The Kier molecular flexibility index (Phi) is 3.74. The van der Waals surface area contributed by atoms with Crippen LogP contribution in [-0.4, -0.2) is 15.1 Å². The fourth-order valence-electron chi connectivity index (χ4n) is 1.91. The summed E-state index contributed by atoms with van der Waals surface area (Å²) in [5.41, 5.74) is 1.54. The van der Waals surface area contributed by atoms with Crippen LogP contribution in [-0.2, 0) is 0 Å². The molecule has 108 valence electrons. The van der Waals surface area contributed by atoms with E-state index in [0.717, 1.165) is 5.56 Å². The number of nitro groups is 1.